The normalized spacial score (nSPS) is 25.8. The Labute approximate surface area is 140 Å². The zero-order valence-electron chi connectivity index (χ0n) is 14.4. The third-order valence-corrected chi connectivity index (χ3v) is 11.1. The Morgan fingerprint density at radius 3 is 2.29 bits per heavy atom. The standard InChI is InChI=1S/C15H29NO2S2Si/c1-9(14(19)20-6)12-11(13(17)16-12)10(2)18-21(7,8)15(3,4)5/h9-12H,1-8H3,(H,16,17)/t9-,10-,11-,12-/m1/s1. The molecule has 1 fully saturated rings. The molecule has 1 rings (SSSR count). The van der Waals surface area contributed by atoms with Crippen molar-refractivity contribution >= 4 is 42.4 Å². The smallest absolute Gasteiger partial charge is 0.228 e. The summed E-state index contributed by atoms with van der Waals surface area (Å²) >= 11 is 6.97. The van der Waals surface area contributed by atoms with Crippen LogP contribution in [0.4, 0.5) is 0 Å². The lowest BCUT2D eigenvalue weighted by atomic mass is 9.79. The van der Waals surface area contributed by atoms with Gasteiger partial charge in [-0.25, -0.2) is 0 Å². The van der Waals surface area contributed by atoms with E-state index in [2.05, 4.69) is 46.1 Å². The lowest BCUT2D eigenvalue weighted by Crippen LogP contribution is -2.66. The van der Waals surface area contributed by atoms with Gasteiger partial charge in [0.05, 0.1) is 22.3 Å². The minimum atomic E-state index is -1.86. The van der Waals surface area contributed by atoms with Crippen LogP contribution in [0.3, 0.4) is 0 Å². The van der Waals surface area contributed by atoms with Crippen LogP contribution in [0.5, 0.6) is 0 Å². The third kappa shape index (κ3) is 4.09. The Morgan fingerprint density at radius 2 is 1.90 bits per heavy atom. The second-order valence-electron chi connectivity index (χ2n) is 7.46. The molecule has 0 bridgehead atoms. The van der Waals surface area contributed by atoms with Gasteiger partial charge in [-0.2, -0.15) is 0 Å². The van der Waals surface area contributed by atoms with Gasteiger partial charge in [0.15, 0.2) is 8.32 Å². The van der Waals surface area contributed by atoms with E-state index in [-0.39, 0.29) is 34.9 Å². The van der Waals surface area contributed by atoms with E-state index in [9.17, 15) is 4.79 Å². The molecular formula is C15H29NO2S2Si. The minimum Gasteiger partial charge on any atom is -0.413 e. The molecule has 21 heavy (non-hydrogen) atoms. The van der Waals surface area contributed by atoms with Gasteiger partial charge in [0.1, 0.15) is 0 Å². The van der Waals surface area contributed by atoms with E-state index in [0.717, 1.165) is 4.20 Å². The average molecular weight is 348 g/mol. The van der Waals surface area contributed by atoms with Gasteiger partial charge >= 0.3 is 0 Å². The fourth-order valence-electron chi connectivity index (χ4n) is 2.41. The van der Waals surface area contributed by atoms with Gasteiger partial charge in [-0.1, -0.05) is 39.9 Å². The van der Waals surface area contributed by atoms with Crippen molar-refractivity contribution in [1.82, 2.24) is 5.32 Å². The molecule has 1 aliphatic heterocycles. The highest BCUT2D eigenvalue weighted by Crippen LogP contribution is 2.39. The van der Waals surface area contributed by atoms with Crippen LogP contribution in [0.25, 0.3) is 0 Å². The summed E-state index contributed by atoms with van der Waals surface area (Å²) in [7, 11) is -1.86. The number of hydrogen-bond donors (Lipinski definition) is 1. The van der Waals surface area contributed by atoms with E-state index in [1.165, 1.54) is 0 Å². The van der Waals surface area contributed by atoms with Crippen LogP contribution >= 0.6 is 24.0 Å². The molecule has 1 saturated heterocycles. The van der Waals surface area contributed by atoms with Crippen LogP contribution in [0, 0.1) is 11.8 Å². The molecule has 0 unspecified atom stereocenters. The predicted molar refractivity (Wildman–Crippen MR) is 98.4 cm³/mol. The maximum atomic E-state index is 12.0. The molecule has 0 aliphatic carbocycles. The predicted octanol–water partition coefficient (Wildman–Crippen LogP) is 3.84. The first-order valence-corrected chi connectivity index (χ1v) is 12.0. The van der Waals surface area contributed by atoms with Gasteiger partial charge < -0.3 is 9.74 Å². The second-order valence-corrected chi connectivity index (χ2v) is 13.8. The molecule has 6 heteroatoms. The third-order valence-electron chi connectivity index (χ3n) is 4.90. The Hall–Kier alpha value is 0.0869. The van der Waals surface area contributed by atoms with Crippen molar-refractivity contribution in [2.75, 3.05) is 6.26 Å². The Bertz CT molecular complexity index is 420. The van der Waals surface area contributed by atoms with E-state index in [1.54, 1.807) is 11.8 Å². The zero-order chi connectivity index (χ0) is 16.6. The Kier molecular flexibility index (Phi) is 6.09. The number of rotatable bonds is 5. The van der Waals surface area contributed by atoms with Crippen LogP contribution in [0.2, 0.25) is 18.1 Å². The van der Waals surface area contributed by atoms with Gasteiger partial charge in [-0.15, -0.1) is 11.8 Å². The van der Waals surface area contributed by atoms with Crippen molar-refractivity contribution in [3.05, 3.63) is 0 Å². The van der Waals surface area contributed by atoms with Gasteiger partial charge in [0.2, 0.25) is 5.91 Å². The Balaban J connectivity index is 2.79. The first kappa shape index (κ1) is 19.1. The van der Waals surface area contributed by atoms with Gasteiger partial charge in [0, 0.05) is 5.92 Å². The number of nitrogens with one attached hydrogen (secondary N) is 1. The first-order chi connectivity index (χ1) is 9.42. The number of amides is 1. The molecule has 0 saturated carbocycles. The highest BCUT2D eigenvalue weighted by atomic mass is 32.2. The molecule has 0 spiro atoms. The van der Waals surface area contributed by atoms with Crippen LogP contribution in [-0.4, -0.2) is 36.8 Å². The molecule has 122 valence electrons. The maximum absolute atomic E-state index is 12.0. The molecule has 0 radical (unpaired) electrons. The second kappa shape index (κ2) is 6.68. The van der Waals surface area contributed by atoms with E-state index in [1.807, 2.05) is 13.2 Å². The van der Waals surface area contributed by atoms with Crippen molar-refractivity contribution in [3.63, 3.8) is 0 Å². The SMILES string of the molecule is CSC(=S)[C@H](C)[C@H]1NC(=O)[C@@H]1[C@@H](C)O[Si](C)(C)C(C)(C)C. The summed E-state index contributed by atoms with van der Waals surface area (Å²) in [4.78, 5) is 12.0. The monoisotopic (exact) mass is 347 g/mol. The van der Waals surface area contributed by atoms with Crippen molar-refractivity contribution < 1.29 is 9.22 Å². The van der Waals surface area contributed by atoms with E-state index >= 15 is 0 Å². The maximum Gasteiger partial charge on any atom is 0.228 e. The lowest BCUT2D eigenvalue weighted by Gasteiger charge is -2.47. The van der Waals surface area contributed by atoms with Crippen LogP contribution in [0.15, 0.2) is 0 Å². The molecule has 0 aromatic carbocycles. The van der Waals surface area contributed by atoms with E-state index in [4.69, 9.17) is 16.6 Å². The Morgan fingerprint density at radius 1 is 1.38 bits per heavy atom. The fraction of sp³-hybridized carbons (Fsp3) is 0.867. The number of β-lactam (4-membered cyclic amide) rings is 1. The summed E-state index contributed by atoms with van der Waals surface area (Å²) in [6.45, 7) is 15.2. The van der Waals surface area contributed by atoms with Crippen LogP contribution in [-0.2, 0) is 9.22 Å². The van der Waals surface area contributed by atoms with E-state index < -0.39 is 8.32 Å². The summed E-state index contributed by atoms with van der Waals surface area (Å²) in [5.74, 6) is 0.212. The van der Waals surface area contributed by atoms with Gasteiger partial charge in [-0.3, -0.25) is 4.79 Å². The highest BCUT2D eigenvalue weighted by Gasteiger charge is 2.49. The van der Waals surface area contributed by atoms with Crippen molar-refractivity contribution in [2.24, 2.45) is 11.8 Å². The van der Waals surface area contributed by atoms with Gasteiger partial charge in [0.25, 0.3) is 0 Å². The highest BCUT2D eigenvalue weighted by molar-refractivity contribution is 8.22. The number of carbonyl (C=O) groups excluding carboxylic acids is 1. The van der Waals surface area contributed by atoms with Crippen molar-refractivity contribution in [3.8, 4) is 0 Å². The lowest BCUT2D eigenvalue weighted by molar-refractivity contribution is -0.140. The largest absolute Gasteiger partial charge is 0.413 e. The van der Waals surface area contributed by atoms with Crippen molar-refractivity contribution in [1.29, 1.82) is 0 Å². The molecule has 0 aromatic heterocycles. The molecule has 0 aromatic rings. The average Bonchev–Trinajstić information content (AvgIpc) is 2.31. The number of carbonyl (C=O) groups is 1. The summed E-state index contributed by atoms with van der Waals surface area (Å²) < 4.78 is 7.35. The molecule has 1 aliphatic rings. The summed E-state index contributed by atoms with van der Waals surface area (Å²) in [6.07, 6.45) is 1.93. The molecule has 3 nitrogen and oxygen atoms in total. The summed E-state index contributed by atoms with van der Waals surface area (Å²) in [6, 6.07) is 0.109. The first-order valence-electron chi connectivity index (χ1n) is 7.48. The van der Waals surface area contributed by atoms with Crippen LogP contribution < -0.4 is 5.32 Å². The number of thiocarbonyl (C=S) groups is 1. The molecule has 4 atom stereocenters. The summed E-state index contributed by atoms with van der Waals surface area (Å²) in [5.41, 5.74) is 0. The van der Waals surface area contributed by atoms with Gasteiger partial charge in [-0.05, 0) is 31.3 Å². The molecule has 1 amide bonds. The molecule has 1 heterocycles. The molecular weight excluding hydrogens is 318 g/mol. The fourth-order valence-corrected chi connectivity index (χ4v) is 4.50. The van der Waals surface area contributed by atoms with Crippen molar-refractivity contribution in [2.45, 2.75) is 64.9 Å². The van der Waals surface area contributed by atoms with Crippen LogP contribution in [0.1, 0.15) is 34.6 Å². The zero-order valence-corrected chi connectivity index (χ0v) is 17.1. The minimum absolute atomic E-state index is 0.0586. The quantitative estimate of drug-likeness (QED) is 0.466. The topological polar surface area (TPSA) is 38.3 Å². The number of thioether (sulfide) groups is 1. The molecule has 1 N–H and O–H groups in total. The number of hydrogen-bond acceptors (Lipinski definition) is 4. The summed E-state index contributed by atoms with van der Waals surface area (Å²) in [5, 5.41) is 3.16. The van der Waals surface area contributed by atoms with E-state index in [0.29, 0.717) is 0 Å².